The Balaban J connectivity index is 0.000000300. The predicted molar refractivity (Wildman–Crippen MR) is 94.1 cm³/mol. The van der Waals surface area contributed by atoms with Crippen LogP contribution in [0.4, 0.5) is 13.2 Å². The van der Waals surface area contributed by atoms with Crippen molar-refractivity contribution >= 4 is 11.9 Å². The van der Waals surface area contributed by atoms with Gasteiger partial charge in [0.15, 0.2) is 0 Å². The molecule has 0 aliphatic carbocycles. The fraction of sp³-hybridized carbons (Fsp3) is 0.474. The van der Waals surface area contributed by atoms with Crippen molar-refractivity contribution in [1.82, 2.24) is 4.90 Å². The zero-order valence-electron chi connectivity index (χ0n) is 15.2. The Morgan fingerprint density at radius 3 is 1.89 bits per heavy atom. The first-order chi connectivity index (χ1) is 13.1. The fourth-order valence-electron chi connectivity index (χ4n) is 3.52. The Hall–Kier alpha value is -2.55. The molecule has 2 unspecified atom stereocenters. The number of hydrogen-bond donors (Lipinski definition) is 2. The molecule has 0 aromatic heterocycles. The van der Waals surface area contributed by atoms with Crippen LogP contribution >= 0.6 is 0 Å². The highest BCUT2D eigenvalue weighted by atomic mass is 19.4. The van der Waals surface area contributed by atoms with Gasteiger partial charge in [-0.2, -0.15) is 13.2 Å². The summed E-state index contributed by atoms with van der Waals surface area (Å²) in [7, 11) is 2.15. The number of carboxylic acids is 2. The number of fused-ring (bicyclic) bond motifs is 2. The topological polar surface area (TPSA) is 87.1 Å². The second-order valence-corrected chi connectivity index (χ2v) is 6.79. The number of rotatable bonds is 4. The van der Waals surface area contributed by atoms with Crippen molar-refractivity contribution in [3.05, 3.63) is 42.0 Å². The van der Waals surface area contributed by atoms with Gasteiger partial charge in [0.1, 0.15) is 11.9 Å². The number of carboxylic acid groups (broad SMARTS) is 2. The van der Waals surface area contributed by atoms with Crippen LogP contribution in [0.5, 0.6) is 5.75 Å². The van der Waals surface area contributed by atoms with E-state index < -0.39 is 23.7 Å². The molecule has 2 atom stereocenters. The Morgan fingerprint density at radius 2 is 1.50 bits per heavy atom. The Kier molecular flexibility index (Phi) is 7.06. The smallest absolute Gasteiger partial charge is 0.416 e. The predicted octanol–water partition coefficient (Wildman–Crippen LogP) is 3.42. The summed E-state index contributed by atoms with van der Waals surface area (Å²) in [5.41, 5.74) is -0.631. The molecule has 1 aromatic rings. The summed E-state index contributed by atoms with van der Waals surface area (Å²) in [5, 5.41) is 15.6. The summed E-state index contributed by atoms with van der Waals surface area (Å²) in [4.78, 5) is 21.5. The minimum absolute atomic E-state index is 0.125. The van der Waals surface area contributed by atoms with Crippen molar-refractivity contribution in [3.8, 4) is 5.75 Å². The van der Waals surface area contributed by atoms with Gasteiger partial charge in [-0.05, 0) is 57.0 Å². The number of ether oxygens (including phenoxy) is 1. The summed E-state index contributed by atoms with van der Waals surface area (Å²) in [5.74, 6) is -1.98. The van der Waals surface area contributed by atoms with E-state index >= 15 is 0 Å². The number of nitrogens with zero attached hydrogens (tertiary/aromatic N) is 1. The van der Waals surface area contributed by atoms with Crippen LogP contribution in [-0.2, 0) is 15.8 Å². The molecule has 2 aliphatic rings. The van der Waals surface area contributed by atoms with Gasteiger partial charge in [-0.25, -0.2) is 9.59 Å². The first-order valence-corrected chi connectivity index (χ1v) is 8.76. The molecule has 2 bridgehead atoms. The fourth-order valence-corrected chi connectivity index (χ4v) is 3.52. The maximum atomic E-state index is 12.5. The molecule has 6 nitrogen and oxygen atoms in total. The summed E-state index contributed by atoms with van der Waals surface area (Å²) in [6.45, 7) is 0. The van der Waals surface area contributed by atoms with Crippen LogP contribution in [0.3, 0.4) is 0 Å². The SMILES string of the molecule is CN1C2CCC1CC(Oc1ccc(C(F)(F)F)cc1)C2.O=C(O)/C=C/C(=O)O. The van der Waals surface area contributed by atoms with E-state index in [1.165, 1.54) is 25.0 Å². The number of hydrogen-bond acceptors (Lipinski definition) is 4. The first-order valence-electron chi connectivity index (χ1n) is 8.76. The lowest BCUT2D eigenvalue weighted by atomic mass is 10.0. The van der Waals surface area contributed by atoms with Crippen LogP contribution in [0.15, 0.2) is 36.4 Å². The number of carbonyl (C=O) groups is 2. The molecule has 154 valence electrons. The van der Waals surface area contributed by atoms with Gasteiger partial charge in [0.25, 0.3) is 0 Å². The Morgan fingerprint density at radius 1 is 1.04 bits per heavy atom. The summed E-state index contributed by atoms with van der Waals surface area (Å²) >= 11 is 0. The molecule has 2 fully saturated rings. The van der Waals surface area contributed by atoms with Crippen molar-refractivity contribution in [2.24, 2.45) is 0 Å². The number of benzene rings is 1. The lowest BCUT2D eigenvalue weighted by Gasteiger charge is -2.36. The standard InChI is InChI=1S/C15H18F3NO.C4H4O4/c1-19-11-4-5-12(19)9-14(8-11)20-13-6-2-10(3-7-13)15(16,17)18;5-3(6)1-2-4(7)8/h2-3,6-7,11-12,14H,4-5,8-9H2,1H3;1-2H,(H,5,6)(H,7,8)/b;2-1+. The van der Waals surface area contributed by atoms with Crippen LogP contribution in [0.25, 0.3) is 0 Å². The third-order valence-corrected chi connectivity index (χ3v) is 4.91. The minimum atomic E-state index is -4.29. The Bertz CT molecular complexity index is 687. The number of aliphatic carboxylic acids is 2. The molecule has 3 rings (SSSR count). The van der Waals surface area contributed by atoms with Crippen LogP contribution in [0, 0.1) is 0 Å². The summed E-state index contributed by atoms with van der Waals surface area (Å²) in [6, 6.07) is 6.13. The van der Waals surface area contributed by atoms with Gasteiger partial charge >= 0.3 is 18.1 Å². The molecule has 2 saturated heterocycles. The minimum Gasteiger partial charge on any atom is -0.490 e. The zero-order chi connectivity index (χ0) is 20.9. The first kappa shape index (κ1) is 21.7. The van der Waals surface area contributed by atoms with E-state index in [9.17, 15) is 22.8 Å². The second-order valence-electron chi connectivity index (χ2n) is 6.79. The number of alkyl halides is 3. The van der Waals surface area contributed by atoms with Crippen molar-refractivity contribution < 1.29 is 37.7 Å². The number of piperidine rings is 1. The normalized spacial score (nSPS) is 24.5. The van der Waals surface area contributed by atoms with Gasteiger partial charge in [-0.3, -0.25) is 0 Å². The van der Waals surface area contributed by atoms with Crippen LogP contribution in [-0.4, -0.2) is 52.3 Å². The van der Waals surface area contributed by atoms with E-state index in [4.69, 9.17) is 14.9 Å². The molecular weight excluding hydrogens is 379 g/mol. The second kappa shape index (κ2) is 9.09. The van der Waals surface area contributed by atoms with Crippen LogP contribution in [0.1, 0.15) is 31.2 Å². The van der Waals surface area contributed by atoms with E-state index in [1.807, 2.05) is 0 Å². The van der Waals surface area contributed by atoms with Gasteiger partial charge in [-0.15, -0.1) is 0 Å². The lowest BCUT2D eigenvalue weighted by Crippen LogP contribution is -2.43. The van der Waals surface area contributed by atoms with Crippen molar-refractivity contribution in [1.29, 1.82) is 0 Å². The molecule has 0 saturated carbocycles. The van der Waals surface area contributed by atoms with Gasteiger partial charge in [0.05, 0.1) is 5.56 Å². The number of halogens is 3. The van der Waals surface area contributed by atoms with Gasteiger partial charge < -0.3 is 19.8 Å². The maximum Gasteiger partial charge on any atom is 0.416 e. The molecule has 0 radical (unpaired) electrons. The van der Waals surface area contributed by atoms with E-state index in [1.54, 1.807) is 0 Å². The van der Waals surface area contributed by atoms with E-state index in [-0.39, 0.29) is 6.10 Å². The van der Waals surface area contributed by atoms with Crippen molar-refractivity contribution in [2.45, 2.75) is 50.0 Å². The molecule has 9 heteroatoms. The van der Waals surface area contributed by atoms with Gasteiger partial charge in [-0.1, -0.05) is 0 Å². The highest BCUT2D eigenvalue weighted by molar-refractivity contribution is 5.89. The van der Waals surface area contributed by atoms with E-state index in [0.29, 0.717) is 30.0 Å². The molecule has 2 heterocycles. The highest BCUT2D eigenvalue weighted by Gasteiger charge is 2.39. The van der Waals surface area contributed by atoms with E-state index in [2.05, 4.69) is 11.9 Å². The average Bonchev–Trinajstić information content (AvgIpc) is 2.81. The quantitative estimate of drug-likeness (QED) is 0.752. The van der Waals surface area contributed by atoms with Gasteiger partial charge in [0, 0.05) is 24.2 Å². The van der Waals surface area contributed by atoms with Crippen LogP contribution in [0.2, 0.25) is 0 Å². The molecule has 0 amide bonds. The van der Waals surface area contributed by atoms with Crippen molar-refractivity contribution in [3.63, 3.8) is 0 Å². The third kappa shape index (κ3) is 6.26. The molecule has 1 aromatic carbocycles. The third-order valence-electron chi connectivity index (χ3n) is 4.91. The lowest BCUT2D eigenvalue weighted by molar-refractivity contribution is -0.137. The maximum absolute atomic E-state index is 12.5. The zero-order valence-corrected chi connectivity index (χ0v) is 15.2. The highest BCUT2D eigenvalue weighted by Crippen LogP contribution is 2.36. The largest absolute Gasteiger partial charge is 0.490 e. The molecule has 2 aliphatic heterocycles. The average molecular weight is 401 g/mol. The molecule has 0 spiro atoms. The molecule has 2 N–H and O–H groups in total. The van der Waals surface area contributed by atoms with E-state index in [0.717, 1.165) is 25.0 Å². The summed E-state index contributed by atoms with van der Waals surface area (Å²) < 4.78 is 43.3. The molecule has 28 heavy (non-hydrogen) atoms. The Labute approximate surface area is 160 Å². The summed E-state index contributed by atoms with van der Waals surface area (Å²) in [6.07, 6.45) is 1.29. The molecular formula is C19H22F3NO5. The van der Waals surface area contributed by atoms with Crippen LogP contribution < -0.4 is 4.74 Å². The van der Waals surface area contributed by atoms with Gasteiger partial charge in [0.2, 0.25) is 0 Å². The van der Waals surface area contributed by atoms with Crippen molar-refractivity contribution in [2.75, 3.05) is 7.05 Å². The monoisotopic (exact) mass is 401 g/mol.